The third kappa shape index (κ3) is 4.59. The molecule has 13 heteroatoms. The van der Waals surface area contributed by atoms with Crippen molar-refractivity contribution in [2.75, 3.05) is 41.8 Å². The maximum absolute atomic E-state index is 12.8. The number of anilines is 4. The highest BCUT2D eigenvalue weighted by Crippen LogP contribution is 2.37. The van der Waals surface area contributed by atoms with E-state index in [1.165, 1.54) is 36.5 Å². The highest BCUT2D eigenvalue weighted by atomic mass is 32.1. The summed E-state index contributed by atoms with van der Waals surface area (Å²) in [5.41, 5.74) is 6.59. The number of furan rings is 1. The Morgan fingerprint density at radius 3 is 2.83 bits per heavy atom. The molecule has 1 saturated carbocycles. The van der Waals surface area contributed by atoms with Crippen LogP contribution in [0.25, 0.3) is 21.7 Å². The Balaban J connectivity index is 1.19. The molecule has 0 unspecified atom stereocenters. The van der Waals surface area contributed by atoms with E-state index in [1.54, 1.807) is 6.20 Å². The predicted molar refractivity (Wildman–Crippen MR) is 150 cm³/mol. The predicted octanol–water partition coefficient (Wildman–Crippen LogP) is 2.69. The number of pyridine rings is 1. The highest BCUT2D eigenvalue weighted by Gasteiger charge is 2.29. The molecule has 2 atom stereocenters. The molecule has 4 aromatic rings. The second-order valence-electron chi connectivity index (χ2n) is 10.4. The Labute approximate surface area is 232 Å². The van der Waals surface area contributed by atoms with Crippen LogP contribution in [-0.4, -0.2) is 54.3 Å². The van der Waals surface area contributed by atoms with E-state index in [2.05, 4.69) is 26.7 Å². The fraction of sp³-hybridized carbons (Fsp3) is 0.407. The van der Waals surface area contributed by atoms with Gasteiger partial charge >= 0.3 is 0 Å². The lowest BCUT2D eigenvalue weighted by molar-refractivity contribution is -0.427. The summed E-state index contributed by atoms with van der Waals surface area (Å²) in [6.07, 6.45) is 7.68. The van der Waals surface area contributed by atoms with Crippen LogP contribution in [0.4, 0.5) is 22.5 Å². The van der Waals surface area contributed by atoms with E-state index in [1.807, 2.05) is 11.0 Å². The summed E-state index contributed by atoms with van der Waals surface area (Å²) in [5, 5.41) is 11.1. The van der Waals surface area contributed by atoms with Gasteiger partial charge in [-0.05, 0) is 24.5 Å². The number of quaternary nitrogens is 1. The standard InChI is InChI=1S/C27H29N7O5S/c28-16-3-1-2-4-17(16)31-19-9-14-11-29-26(36)22(14)25(32-19)33-20-12-30-27(40-20)15-13-38-24-18(35)10-21(39-23(15)24)34-5-7-37-8-6-34/h9-10,12-13,16-17H,1-8,11,28H2,(H,29,36)(H2,31,32,33)/p+1/t16-,17+/m1/s1. The molecule has 3 aliphatic rings. The Morgan fingerprint density at radius 1 is 1.12 bits per heavy atom. The zero-order chi connectivity index (χ0) is 27.2. The first-order chi connectivity index (χ1) is 19.5. The van der Waals surface area contributed by atoms with Gasteiger partial charge in [0.25, 0.3) is 5.91 Å². The fourth-order valence-electron chi connectivity index (χ4n) is 5.60. The molecule has 0 spiro atoms. The van der Waals surface area contributed by atoms with Gasteiger partial charge in [0.05, 0.1) is 42.6 Å². The quantitative estimate of drug-likeness (QED) is 0.274. The highest BCUT2D eigenvalue weighted by molar-refractivity contribution is 7.19. The van der Waals surface area contributed by atoms with Gasteiger partial charge in [0.2, 0.25) is 11.0 Å². The van der Waals surface area contributed by atoms with Crippen molar-refractivity contribution < 1.29 is 24.1 Å². The summed E-state index contributed by atoms with van der Waals surface area (Å²) in [4.78, 5) is 36.8. The minimum atomic E-state index is -0.249. The van der Waals surface area contributed by atoms with Crippen LogP contribution in [0.5, 0.6) is 0 Å². The van der Waals surface area contributed by atoms with E-state index in [0.29, 0.717) is 77.3 Å². The second kappa shape index (κ2) is 10.2. The molecule has 4 aromatic heterocycles. The average Bonchev–Trinajstić information content (AvgIpc) is 3.69. The number of fused-ring (bicyclic) bond motifs is 2. The van der Waals surface area contributed by atoms with E-state index in [9.17, 15) is 9.59 Å². The summed E-state index contributed by atoms with van der Waals surface area (Å²) in [5.74, 6) is 1.52. The van der Waals surface area contributed by atoms with Gasteiger partial charge in [-0.2, -0.15) is 0 Å². The average molecular weight is 565 g/mol. The monoisotopic (exact) mass is 564 g/mol. The van der Waals surface area contributed by atoms with Crippen LogP contribution >= 0.6 is 11.3 Å². The zero-order valence-electron chi connectivity index (χ0n) is 21.8. The SMILES string of the molecule is [NH3+][C@@H]1CCCC[C@@H]1Nc1cc2c(c(Nc3cnc(-c4coc5c(=O)cc(N6CCOCC6)oc45)s3)n1)C(=O)NC2. The normalized spacial score (nSPS) is 20.9. The van der Waals surface area contributed by atoms with Gasteiger partial charge in [0, 0.05) is 26.1 Å². The number of aromatic nitrogens is 2. The van der Waals surface area contributed by atoms with Gasteiger partial charge in [0.1, 0.15) is 33.9 Å². The van der Waals surface area contributed by atoms with E-state index in [4.69, 9.17) is 18.6 Å². The Hall–Kier alpha value is -3.94. The number of carbonyl (C=O) groups is 1. The zero-order valence-corrected chi connectivity index (χ0v) is 22.6. The molecule has 0 bridgehead atoms. The van der Waals surface area contributed by atoms with Crippen LogP contribution < -0.4 is 32.0 Å². The summed E-state index contributed by atoms with van der Waals surface area (Å²) in [6, 6.07) is 3.97. The number of rotatable bonds is 6. The van der Waals surface area contributed by atoms with E-state index in [-0.39, 0.29) is 23.0 Å². The molecule has 0 aromatic carbocycles. The lowest BCUT2D eigenvalue weighted by Gasteiger charge is -2.27. The van der Waals surface area contributed by atoms with Crippen molar-refractivity contribution in [1.82, 2.24) is 15.3 Å². The minimum Gasteiger partial charge on any atom is -0.456 e. The minimum absolute atomic E-state index is 0.151. The number of ether oxygens (including phenoxy) is 1. The summed E-state index contributed by atoms with van der Waals surface area (Å²) >= 11 is 1.36. The molecule has 12 nitrogen and oxygen atoms in total. The third-order valence-electron chi connectivity index (χ3n) is 7.74. The molecule has 208 valence electrons. The summed E-state index contributed by atoms with van der Waals surface area (Å²) in [7, 11) is 0. The molecular formula is C27H30N7O5S+. The van der Waals surface area contributed by atoms with Crippen molar-refractivity contribution in [2.24, 2.45) is 0 Å². The molecule has 2 aliphatic heterocycles. The first-order valence-electron chi connectivity index (χ1n) is 13.6. The number of hydrogen-bond acceptors (Lipinski definition) is 11. The van der Waals surface area contributed by atoms with Gasteiger partial charge < -0.3 is 40.2 Å². The number of amides is 1. The maximum atomic E-state index is 12.8. The van der Waals surface area contributed by atoms with Crippen LogP contribution in [0.3, 0.4) is 0 Å². The molecule has 1 amide bonds. The molecule has 1 saturated heterocycles. The Bertz CT molecular complexity index is 1640. The molecule has 6 N–H and O–H groups in total. The largest absolute Gasteiger partial charge is 0.456 e. The first-order valence-corrected chi connectivity index (χ1v) is 14.4. The van der Waals surface area contributed by atoms with E-state index >= 15 is 0 Å². The summed E-state index contributed by atoms with van der Waals surface area (Å²) < 4.78 is 17.2. The van der Waals surface area contributed by atoms with Crippen molar-refractivity contribution in [3.8, 4) is 10.6 Å². The lowest BCUT2D eigenvalue weighted by atomic mass is 9.91. The molecule has 1 aliphatic carbocycles. The first kappa shape index (κ1) is 25.1. The number of carbonyl (C=O) groups excluding carboxylic acids is 1. The molecule has 0 radical (unpaired) electrons. The van der Waals surface area contributed by atoms with Crippen LogP contribution in [-0.2, 0) is 11.3 Å². The number of thiazole rings is 1. The molecule has 40 heavy (non-hydrogen) atoms. The Morgan fingerprint density at radius 2 is 1.98 bits per heavy atom. The molecular weight excluding hydrogens is 534 g/mol. The van der Waals surface area contributed by atoms with Crippen LogP contribution in [0.15, 0.2) is 38.2 Å². The van der Waals surface area contributed by atoms with Crippen LogP contribution in [0.2, 0.25) is 0 Å². The maximum Gasteiger partial charge on any atom is 0.255 e. The van der Waals surface area contributed by atoms with E-state index < -0.39 is 0 Å². The van der Waals surface area contributed by atoms with Crippen LogP contribution in [0, 0.1) is 0 Å². The van der Waals surface area contributed by atoms with Gasteiger partial charge in [0.15, 0.2) is 11.5 Å². The summed E-state index contributed by atoms with van der Waals surface area (Å²) in [6.45, 7) is 2.89. The number of nitrogens with one attached hydrogen (secondary N) is 3. The fourth-order valence-corrected chi connectivity index (χ4v) is 6.41. The Kier molecular flexibility index (Phi) is 6.41. The van der Waals surface area contributed by atoms with E-state index in [0.717, 1.165) is 24.2 Å². The van der Waals surface area contributed by atoms with Gasteiger partial charge in [-0.3, -0.25) is 9.59 Å². The van der Waals surface area contributed by atoms with Crippen molar-refractivity contribution >= 4 is 50.9 Å². The topological polar surface area (TPSA) is 162 Å². The third-order valence-corrected chi connectivity index (χ3v) is 8.69. The molecule has 7 rings (SSSR count). The smallest absolute Gasteiger partial charge is 0.255 e. The van der Waals surface area contributed by atoms with Gasteiger partial charge in [-0.1, -0.05) is 17.8 Å². The van der Waals surface area contributed by atoms with Crippen LogP contribution in [0.1, 0.15) is 41.6 Å². The second-order valence-corrected chi connectivity index (χ2v) is 11.4. The molecule has 6 heterocycles. The van der Waals surface area contributed by atoms with Gasteiger partial charge in [-0.25, -0.2) is 9.97 Å². The number of morpholine rings is 1. The lowest BCUT2D eigenvalue weighted by Crippen LogP contribution is -2.68. The van der Waals surface area contributed by atoms with Gasteiger partial charge in [-0.15, -0.1) is 0 Å². The van der Waals surface area contributed by atoms with Crippen molar-refractivity contribution in [3.05, 3.63) is 45.9 Å². The van der Waals surface area contributed by atoms with Crippen molar-refractivity contribution in [1.29, 1.82) is 0 Å². The number of hydrogen-bond donors (Lipinski definition) is 4. The van der Waals surface area contributed by atoms with Crippen molar-refractivity contribution in [3.63, 3.8) is 0 Å². The number of nitrogens with zero attached hydrogens (tertiary/aromatic N) is 3. The van der Waals surface area contributed by atoms with Crippen molar-refractivity contribution in [2.45, 2.75) is 44.3 Å². The molecule has 2 fully saturated rings.